The Balaban J connectivity index is 2.80. The lowest BCUT2D eigenvalue weighted by Gasteiger charge is -2.15. The smallest absolute Gasteiger partial charge is 0.103 e. The summed E-state index contributed by atoms with van der Waals surface area (Å²) >= 11 is 0. The van der Waals surface area contributed by atoms with Crippen molar-refractivity contribution >= 4 is 5.69 Å². The van der Waals surface area contributed by atoms with Crippen LogP contribution in [0.2, 0.25) is 0 Å². The number of aromatic nitrogens is 1. The van der Waals surface area contributed by atoms with Crippen molar-refractivity contribution in [2.45, 2.75) is 6.04 Å². The Morgan fingerprint density at radius 1 is 1.50 bits per heavy atom. The lowest BCUT2D eigenvalue weighted by molar-refractivity contribution is 0.204. The van der Waals surface area contributed by atoms with E-state index in [9.17, 15) is 0 Å². The minimum Gasteiger partial charge on any atom is -0.394 e. The summed E-state index contributed by atoms with van der Waals surface area (Å²) in [6.07, 6.45) is 2.96. The lowest BCUT2D eigenvalue weighted by atomic mass is 10.2. The standard InChI is InChI=1S/C9H11N3O2/c10-3-7-4-11-2-1-9(7)12-8(5-13)6-14/h1-2,4,8,13-14H,5-6H2,(H,11,12). The third-order valence-corrected chi connectivity index (χ3v) is 1.74. The first-order valence-electron chi connectivity index (χ1n) is 4.14. The molecule has 1 rings (SSSR count). The molecule has 3 N–H and O–H groups in total. The highest BCUT2D eigenvalue weighted by molar-refractivity contribution is 5.56. The summed E-state index contributed by atoms with van der Waals surface area (Å²) in [5, 5.41) is 29.2. The molecule has 0 aliphatic rings. The Morgan fingerprint density at radius 3 is 2.79 bits per heavy atom. The first-order valence-corrected chi connectivity index (χ1v) is 4.14. The van der Waals surface area contributed by atoms with Crippen molar-refractivity contribution in [3.63, 3.8) is 0 Å². The fourth-order valence-corrected chi connectivity index (χ4v) is 0.978. The SMILES string of the molecule is N#Cc1cnccc1NC(CO)CO. The average molecular weight is 193 g/mol. The van der Waals surface area contributed by atoms with Gasteiger partial charge in [0.25, 0.3) is 0 Å². The van der Waals surface area contributed by atoms with Gasteiger partial charge in [-0.3, -0.25) is 4.98 Å². The molecule has 0 amide bonds. The van der Waals surface area contributed by atoms with Crippen LogP contribution in [0.4, 0.5) is 5.69 Å². The third-order valence-electron chi connectivity index (χ3n) is 1.74. The Morgan fingerprint density at radius 2 is 2.21 bits per heavy atom. The summed E-state index contributed by atoms with van der Waals surface area (Å²) in [6.45, 7) is -0.382. The molecule has 5 nitrogen and oxygen atoms in total. The van der Waals surface area contributed by atoms with Gasteiger partial charge < -0.3 is 15.5 Å². The molecule has 0 atom stereocenters. The zero-order chi connectivity index (χ0) is 10.4. The number of hydrogen-bond acceptors (Lipinski definition) is 5. The molecule has 74 valence electrons. The summed E-state index contributed by atoms with van der Waals surface area (Å²) in [7, 11) is 0. The Bertz CT molecular complexity index is 331. The average Bonchev–Trinajstić information content (AvgIpc) is 2.26. The zero-order valence-electron chi connectivity index (χ0n) is 7.51. The van der Waals surface area contributed by atoms with Crippen LogP contribution in [0, 0.1) is 11.3 Å². The van der Waals surface area contributed by atoms with E-state index < -0.39 is 6.04 Å². The van der Waals surface area contributed by atoms with E-state index in [2.05, 4.69) is 10.3 Å². The van der Waals surface area contributed by atoms with E-state index in [0.717, 1.165) is 0 Å². The molecule has 0 saturated heterocycles. The van der Waals surface area contributed by atoms with E-state index in [4.69, 9.17) is 15.5 Å². The maximum absolute atomic E-state index is 8.83. The number of nitrogens with zero attached hydrogens (tertiary/aromatic N) is 2. The van der Waals surface area contributed by atoms with Crippen LogP contribution in [0.25, 0.3) is 0 Å². The molecule has 0 aliphatic carbocycles. The minimum absolute atomic E-state index is 0.191. The largest absolute Gasteiger partial charge is 0.394 e. The van der Waals surface area contributed by atoms with Gasteiger partial charge >= 0.3 is 0 Å². The van der Waals surface area contributed by atoms with Crippen LogP contribution < -0.4 is 5.32 Å². The monoisotopic (exact) mass is 193 g/mol. The molecule has 14 heavy (non-hydrogen) atoms. The summed E-state index contributed by atoms with van der Waals surface area (Å²) < 4.78 is 0. The third kappa shape index (κ3) is 2.42. The Labute approximate surface area is 81.6 Å². The van der Waals surface area contributed by atoms with Gasteiger partial charge in [-0.05, 0) is 6.07 Å². The molecule has 0 fully saturated rings. The number of nitrogens with one attached hydrogen (secondary N) is 1. The molecule has 0 spiro atoms. The van der Waals surface area contributed by atoms with Crippen molar-refractivity contribution in [1.82, 2.24) is 4.98 Å². The molecular weight excluding hydrogens is 182 g/mol. The number of aliphatic hydroxyl groups is 2. The highest BCUT2D eigenvalue weighted by Crippen LogP contribution is 2.12. The van der Waals surface area contributed by atoms with Crippen LogP contribution in [0.5, 0.6) is 0 Å². The number of anilines is 1. The van der Waals surface area contributed by atoms with E-state index in [1.165, 1.54) is 12.4 Å². The van der Waals surface area contributed by atoms with Crippen molar-refractivity contribution in [2.75, 3.05) is 18.5 Å². The van der Waals surface area contributed by atoms with Gasteiger partial charge in [-0.1, -0.05) is 0 Å². The van der Waals surface area contributed by atoms with Crippen LogP contribution in [-0.4, -0.2) is 34.5 Å². The summed E-state index contributed by atoms with van der Waals surface area (Å²) in [4.78, 5) is 3.79. The van der Waals surface area contributed by atoms with Crippen LogP contribution in [0.1, 0.15) is 5.56 Å². The van der Waals surface area contributed by atoms with Gasteiger partial charge in [0.2, 0.25) is 0 Å². The van der Waals surface area contributed by atoms with Crippen LogP contribution in [0.15, 0.2) is 18.5 Å². The van der Waals surface area contributed by atoms with Gasteiger partial charge in [0.15, 0.2) is 0 Å². The topological polar surface area (TPSA) is 89.2 Å². The second kappa shape index (κ2) is 5.17. The lowest BCUT2D eigenvalue weighted by Crippen LogP contribution is -2.28. The molecule has 0 bridgehead atoms. The van der Waals surface area contributed by atoms with Gasteiger partial charge in [-0.25, -0.2) is 0 Å². The fourth-order valence-electron chi connectivity index (χ4n) is 0.978. The molecule has 5 heteroatoms. The predicted molar refractivity (Wildman–Crippen MR) is 50.5 cm³/mol. The van der Waals surface area contributed by atoms with Crippen molar-refractivity contribution in [1.29, 1.82) is 5.26 Å². The maximum atomic E-state index is 8.83. The Kier molecular flexibility index (Phi) is 3.85. The summed E-state index contributed by atoms with van der Waals surface area (Å²) in [5.74, 6) is 0. The maximum Gasteiger partial charge on any atom is 0.103 e. The number of rotatable bonds is 4. The Hall–Kier alpha value is -1.64. The molecule has 0 saturated carbocycles. The normalized spacial score (nSPS) is 9.86. The summed E-state index contributed by atoms with van der Waals surface area (Å²) in [5.41, 5.74) is 0.954. The van der Waals surface area contributed by atoms with Gasteiger partial charge in [-0.2, -0.15) is 5.26 Å². The highest BCUT2D eigenvalue weighted by Gasteiger charge is 2.07. The molecule has 0 aliphatic heterocycles. The quantitative estimate of drug-likeness (QED) is 0.612. The number of nitriles is 1. The van der Waals surface area contributed by atoms with E-state index in [-0.39, 0.29) is 13.2 Å². The van der Waals surface area contributed by atoms with Gasteiger partial charge in [-0.15, -0.1) is 0 Å². The number of pyridine rings is 1. The second-order valence-electron chi connectivity index (χ2n) is 2.74. The predicted octanol–water partition coefficient (Wildman–Crippen LogP) is -0.282. The first kappa shape index (κ1) is 10.4. The summed E-state index contributed by atoms with van der Waals surface area (Å²) in [6, 6.07) is 3.13. The van der Waals surface area contributed by atoms with Crippen molar-refractivity contribution in [3.05, 3.63) is 24.0 Å². The van der Waals surface area contributed by atoms with E-state index >= 15 is 0 Å². The highest BCUT2D eigenvalue weighted by atomic mass is 16.3. The second-order valence-corrected chi connectivity index (χ2v) is 2.74. The minimum atomic E-state index is -0.454. The van der Waals surface area contributed by atoms with Gasteiger partial charge in [0, 0.05) is 12.4 Å². The molecule has 0 unspecified atom stereocenters. The van der Waals surface area contributed by atoms with Crippen LogP contribution in [0.3, 0.4) is 0 Å². The fraction of sp³-hybridized carbons (Fsp3) is 0.333. The zero-order valence-corrected chi connectivity index (χ0v) is 7.51. The van der Waals surface area contributed by atoms with Crippen LogP contribution in [-0.2, 0) is 0 Å². The van der Waals surface area contributed by atoms with Gasteiger partial charge in [0.1, 0.15) is 6.07 Å². The van der Waals surface area contributed by atoms with Crippen LogP contribution >= 0.6 is 0 Å². The molecule has 1 aromatic heterocycles. The number of aliphatic hydroxyl groups excluding tert-OH is 2. The van der Waals surface area contributed by atoms with Crippen molar-refractivity contribution < 1.29 is 10.2 Å². The molecular formula is C9H11N3O2. The van der Waals surface area contributed by atoms with E-state index in [0.29, 0.717) is 11.3 Å². The number of hydrogen-bond donors (Lipinski definition) is 3. The molecule has 0 aromatic carbocycles. The molecule has 1 aromatic rings. The van der Waals surface area contributed by atoms with Crippen molar-refractivity contribution in [3.8, 4) is 6.07 Å². The van der Waals surface area contributed by atoms with E-state index in [1.54, 1.807) is 6.07 Å². The first-order chi connectivity index (χ1) is 6.81. The van der Waals surface area contributed by atoms with Crippen molar-refractivity contribution in [2.24, 2.45) is 0 Å². The molecule has 0 radical (unpaired) electrons. The molecule has 1 heterocycles. The van der Waals surface area contributed by atoms with Gasteiger partial charge in [0.05, 0.1) is 30.5 Å². The van der Waals surface area contributed by atoms with E-state index in [1.807, 2.05) is 6.07 Å².